The summed E-state index contributed by atoms with van der Waals surface area (Å²) in [5.41, 5.74) is 1.48. The second-order valence-electron chi connectivity index (χ2n) is 6.38. The van der Waals surface area contributed by atoms with E-state index < -0.39 is 9.84 Å². The molecule has 26 heavy (non-hydrogen) atoms. The van der Waals surface area contributed by atoms with E-state index in [4.69, 9.17) is 0 Å². The highest BCUT2D eigenvalue weighted by Crippen LogP contribution is 2.30. The minimum atomic E-state index is -3.05. The zero-order chi connectivity index (χ0) is 18.5. The molecule has 0 bridgehead atoms. The van der Waals surface area contributed by atoms with E-state index in [9.17, 15) is 17.6 Å². The van der Waals surface area contributed by atoms with Gasteiger partial charge in [0, 0.05) is 11.4 Å². The fourth-order valence-electron chi connectivity index (χ4n) is 3.08. The third-order valence-corrected chi connectivity index (χ3v) is 7.28. The Morgan fingerprint density at radius 1 is 1.35 bits per heavy atom. The molecule has 1 atom stereocenters. The SMILES string of the molecule is Cc1nn(-c2ccc(F)cc2)c2sc(C(=O)NC3CCS(=O)(=O)C3)cc12. The number of fused-ring (bicyclic) bond motifs is 1. The van der Waals surface area contributed by atoms with E-state index in [0.717, 1.165) is 15.9 Å². The minimum Gasteiger partial charge on any atom is -0.348 e. The number of hydrogen-bond donors (Lipinski definition) is 1. The van der Waals surface area contributed by atoms with E-state index in [2.05, 4.69) is 10.4 Å². The lowest BCUT2D eigenvalue weighted by Gasteiger charge is -2.09. The molecule has 4 rings (SSSR count). The van der Waals surface area contributed by atoms with Crippen LogP contribution in [0, 0.1) is 12.7 Å². The van der Waals surface area contributed by atoms with Crippen LogP contribution in [0.1, 0.15) is 21.8 Å². The van der Waals surface area contributed by atoms with Crippen LogP contribution in [-0.4, -0.2) is 41.7 Å². The molecule has 6 nitrogen and oxygen atoms in total. The number of aryl methyl sites for hydroxylation is 1. The van der Waals surface area contributed by atoms with E-state index in [0.29, 0.717) is 17.0 Å². The zero-order valence-electron chi connectivity index (χ0n) is 13.9. The number of sulfone groups is 1. The first kappa shape index (κ1) is 17.2. The third kappa shape index (κ3) is 3.12. The van der Waals surface area contributed by atoms with Crippen molar-refractivity contribution in [3.63, 3.8) is 0 Å². The predicted octanol–water partition coefficient (Wildman–Crippen LogP) is 2.45. The third-order valence-electron chi connectivity index (χ3n) is 4.41. The maximum Gasteiger partial charge on any atom is 0.261 e. The van der Waals surface area contributed by atoms with Crippen LogP contribution in [0.2, 0.25) is 0 Å². The van der Waals surface area contributed by atoms with Gasteiger partial charge in [0.15, 0.2) is 9.84 Å². The van der Waals surface area contributed by atoms with Crippen molar-refractivity contribution in [2.24, 2.45) is 0 Å². The highest BCUT2D eigenvalue weighted by atomic mass is 32.2. The van der Waals surface area contributed by atoms with Gasteiger partial charge in [0.05, 0.1) is 27.8 Å². The van der Waals surface area contributed by atoms with Crippen LogP contribution in [0.25, 0.3) is 15.9 Å². The molecule has 3 heterocycles. The van der Waals surface area contributed by atoms with E-state index in [1.807, 2.05) is 6.92 Å². The summed E-state index contributed by atoms with van der Waals surface area (Å²) in [6.45, 7) is 1.85. The second-order valence-corrected chi connectivity index (χ2v) is 9.64. The topological polar surface area (TPSA) is 81.1 Å². The summed E-state index contributed by atoms with van der Waals surface area (Å²) in [7, 11) is -3.05. The molecular formula is C17H16FN3O3S2. The first-order valence-electron chi connectivity index (χ1n) is 8.09. The van der Waals surface area contributed by atoms with Crippen LogP contribution >= 0.6 is 11.3 Å². The molecule has 0 radical (unpaired) electrons. The van der Waals surface area contributed by atoms with E-state index in [1.165, 1.54) is 23.5 Å². The first-order chi connectivity index (χ1) is 12.3. The van der Waals surface area contributed by atoms with Crippen molar-refractivity contribution < 1.29 is 17.6 Å². The molecule has 1 fully saturated rings. The van der Waals surface area contributed by atoms with Crippen LogP contribution in [-0.2, 0) is 9.84 Å². The normalized spacial score (nSPS) is 19.1. The Bertz CT molecular complexity index is 1100. The Kier molecular flexibility index (Phi) is 4.07. The molecule has 1 aromatic carbocycles. The van der Waals surface area contributed by atoms with Gasteiger partial charge in [-0.1, -0.05) is 0 Å². The summed E-state index contributed by atoms with van der Waals surface area (Å²) in [5, 5.41) is 8.12. The number of rotatable bonds is 3. The summed E-state index contributed by atoms with van der Waals surface area (Å²) in [5.74, 6) is -0.500. The largest absolute Gasteiger partial charge is 0.348 e. The number of carbonyl (C=O) groups is 1. The lowest BCUT2D eigenvalue weighted by molar-refractivity contribution is 0.0945. The number of hydrogen-bond acceptors (Lipinski definition) is 5. The number of halogens is 1. The molecule has 0 spiro atoms. The minimum absolute atomic E-state index is 0.00792. The Hall–Kier alpha value is -2.26. The van der Waals surface area contributed by atoms with E-state index in [1.54, 1.807) is 22.9 Å². The molecule has 2 aromatic heterocycles. The number of thiophene rings is 1. The average Bonchev–Trinajstić information content (AvgIpc) is 3.24. The monoisotopic (exact) mass is 393 g/mol. The summed E-state index contributed by atoms with van der Waals surface area (Å²) in [6.07, 6.45) is 0.446. The molecule has 1 N–H and O–H groups in total. The lowest BCUT2D eigenvalue weighted by Crippen LogP contribution is -2.35. The maximum atomic E-state index is 13.2. The molecule has 1 amide bonds. The lowest BCUT2D eigenvalue weighted by atomic mass is 10.2. The Balaban J connectivity index is 1.64. The summed E-state index contributed by atoms with van der Waals surface area (Å²) < 4.78 is 37.9. The Morgan fingerprint density at radius 2 is 2.08 bits per heavy atom. The van der Waals surface area contributed by atoms with Gasteiger partial charge in [0.1, 0.15) is 10.6 Å². The van der Waals surface area contributed by atoms with Crippen LogP contribution in [0.5, 0.6) is 0 Å². The van der Waals surface area contributed by atoms with Gasteiger partial charge in [0.25, 0.3) is 5.91 Å². The fraction of sp³-hybridized carbons (Fsp3) is 0.294. The van der Waals surface area contributed by atoms with Crippen LogP contribution in [0.3, 0.4) is 0 Å². The molecule has 3 aromatic rings. The quantitative estimate of drug-likeness (QED) is 0.741. The molecule has 0 aliphatic carbocycles. The van der Waals surface area contributed by atoms with Gasteiger partial charge in [-0.05, 0) is 43.7 Å². The first-order valence-corrected chi connectivity index (χ1v) is 10.7. The zero-order valence-corrected chi connectivity index (χ0v) is 15.5. The van der Waals surface area contributed by atoms with E-state index >= 15 is 0 Å². The molecule has 1 saturated heterocycles. The van der Waals surface area contributed by atoms with Gasteiger partial charge in [0.2, 0.25) is 0 Å². The van der Waals surface area contributed by atoms with Crippen LogP contribution in [0.15, 0.2) is 30.3 Å². The summed E-state index contributed by atoms with van der Waals surface area (Å²) in [4.78, 5) is 13.8. The van der Waals surface area contributed by atoms with Crippen molar-refractivity contribution in [3.8, 4) is 5.69 Å². The highest BCUT2D eigenvalue weighted by molar-refractivity contribution is 7.91. The fourth-order valence-corrected chi connectivity index (χ4v) is 5.84. The maximum absolute atomic E-state index is 13.2. The molecular weight excluding hydrogens is 377 g/mol. The second kappa shape index (κ2) is 6.17. The number of amides is 1. The Morgan fingerprint density at radius 3 is 2.73 bits per heavy atom. The van der Waals surface area contributed by atoms with Gasteiger partial charge in [-0.25, -0.2) is 17.5 Å². The van der Waals surface area contributed by atoms with Crippen molar-refractivity contribution in [1.29, 1.82) is 0 Å². The number of nitrogens with one attached hydrogen (secondary N) is 1. The van der Waals surface area contributed by atoms with Gasteiger partial charge in [-0.3, -0.25) is 4.79 Å². The van der Waals surface area contributed by atoms with Crippen molar-refractivity contribution >= 4 is 37.3 Å². The van der Waals surface area contributed by atoms with Gasteiger partial charge in [-0.2, -0.15) is 5.10 Å². The van der Waals surface area contributed by atoms with Crippen molar-refractivity contribution in [2.45, 2.75) is 19.4 Å². The number of carbonyl (C=O) groups excluding carboxylic acids is 1. The molecule has 9 heteroatoms. The van der Waals surface area contributed by atoms with Gasteiger partial charge in [-0.15, -0.1) is 11.3 Å². The van der Waals surface area contributed by atoms with Crippen LogP contribution < -0.4 is 5.32 Å². The number of aromatic nitrogens is 2. The van der Waals surface area contributed by atoms with Gasteiger partial charge < -0.3 is 5.32 Å². The standard InChI is InChI=1S/C17H16FN3O3S2/c1-10-14-8-15(16(22)19-12-6-7-26(23,24)9-12)25-17(14)21(20-10)13-4-2-11(18)3-5-13/h2-5,8,12H,6-7,9H2,1H3,(H,19,22). The highest BCUT2D eigenvalue weighted by Gasteiger charge is 2.29. The Labute approximate surface area is 153 Å². The molecule has 0 saturated carbocycles. The predicted molar refractivity (Wildman–Crippen MR) is 98.2 cm³/mol. The number of nitrogens with zero attached hydrogens (tertiary/aromatic N) is 2. The average molecular weight is 393 g/mol. The van der Waals surface area contributed by atoms with E-state index in [-0.39, 0.29) is 29.3 Å². The summed E-state index contributed by atoms with van der Waals surface area (Å²) >= 11 is 1.28. The van der Waals surface area contributed by atoms with Crippen molar-refractivity contribution in [3.05, 3.63) is 46.7 Å². The molecule has 136 valence electrons. The number of benzene rings is 1. The molecule has 1 aliphatic rings. The summed E-state index contributed by atoms with van der Waals surface area (Å²) in [6, 6.07) is 7.40. The molecule has 1 aliphatic heterocycles. The van der Waals surface area contributed by atoms with Gasteiger partial charge >= 0.3 is 0 Å². The smallest absolute Gasteiger partial charge is 0.261 e. The van der Waals surface area contributed by atoms with Crippen molar-refractivity contribution in [2.75, 3.05) is 11.5 Å². The van der Waals surface area contributed by atoms with Crippen LogP contribution in [0.4, 0.5) is 4.39 Å². The van der Waals surface area contributed by atoms with Crippen molar-refractivity contribution in [1.82, 2.24) is 15.1 Å². The molecule has 1 unspecified atom stereocenters.